The van der Waals surface area contributed by atoms with Gasteiger partial charge >= 0.3 is 0 Å². The molecule has 0 aliphatic carbocycles. The van der Waals surface area contributed by atoms with Crippen LogP contribution in [0.1, 0.15) is 6.92 Å². The molecule has 0 spiro atoms. The number of nitrogens with one attached hydrogen (secondary N) is 1. The van der Waals surface area contributed by atoms with Crippen molar-refractivity contribution in [2.45, 2.75) is 13.0 Å². The molecule has 0 saturated carbocycles. The zero-order valence-electron chi connectivity index (χ0n) is 8.43. The number of rotatable bonds is 6. The summed E-state index contributed by atoms with van der Waals surface area (Å²) in [6.07, 6.45) is 0.972. The van der Waals surface area contributed by atoms with Gasteiger partial charge in [-0.05, 0) is 6.92 Å². The standard InChI is InChI=1S/C6H14N2O4S3/c1-5(6(7)13)8-15(11,12)4-3-14(2,9)10/h5,8H,3-4H2,1-2H3,(H2,7,13). The zero-order valence-corrected chi connectivity index (χ0v) is 10.9. The highest BCUT2D eigenvalue weighted by Gasteiger charge is 2.18. The van der Waals surface area contributed by atoms with Crippen molar-refractivity contribution >= 4 is 37.1 Å². The van der Waals surface area contributed by atoms with E-state index in [0.717, 1.165) is 6.26 Å². The third-order valence-electron chi connectivity index (χ3n) is 1.51. The highest BCUT2D eigenvalue weighted by Crippen LogP contribution is 1.93. The van der Waals surface area contributed by atoms with Crippen LogP contribution in [-0.4, -0.2) is 45.6 Å². The molecule has 0 aromatic rings. The normalized spacial score (nSPS) is 14.8. The lowest BCUT2D eigenvalue weighted by Gasteiger charge is -2.11. The largest absolute Gasteiger partial charge is 0.392 e. The van der Waals surface area contributed by atoms with Crippen LogP contribution in [0.3, 0.4) is 0 Å². The number of sulfonamides is 1. The molecule has 0 radical (unpaired) electrons. The first-order chi connectivity index (χ1) is 6.53. The molecular formula is C6H14N2O4S3. The first-order valence-corrected chi connectivity index (χ1v) is 8.12. The van der Waals surface area contributed by atoms with Crippen molar-refractivity contribution in [3.05, 3.63) is 0 Å². The highest BCUT2D eigenvalue weighted by atomic mass is 32.2. The van der Waals surface area contributed by atoms with Gasteiger partial charge in [-0.1, -0.05) is 12.2 Å². The Hall–Kier alpha value is -0.250. The Morgan fingerprint density at radius 2 is 1.80 bits per heavy atom. The average Bonchev–Trinajstić information content (AvgIpc) is 1.99. The lowest BCUT2D eigenvalue weighted by molar-refractivity contribution is 0.576. The van der Waals surface area contributed by atoms with Crippen LogP contribution in [0.15, 0.2) is 0 Å². The van der Waals surface area contributed by atoms with E-state index in [4.69, 9.17) is 5.73 Å². The number of hydrogen-bond donors (Lipinski definition) is 2. The van der Waals surface area contributed by atoms with E-state index in [9.17, 15) is 16.8 Å². The lowest BCUT2D eigenvalue weighted by atomic mass is 10.4. The molecule has 0 saturated heterocycles. The van der Waals surface area contributed by atoms with Crippen LogP contribution in [0, 0.1) is 0 Å². The number of thiocarbonyl (C=S) groups is 1. The van der Waals surface area contributed by atoms with Gasteiger partial charge in [0.1, 0.15) is 9.84 Å². The summed E-state index contributed by atoms with van der Waals surface area (Å²) in [5.74, 6) is -0.912. The molecule has 0 amide bonds. The third kappa shape index (κ3) is 7.65. The fraction of sp³-hybridized carbons (Fsp3) is 0.833. The van der Waals surface area contributed by atoms with Gasteiger partial charge < -0.3 is 5.73 Å². The molecule has 0 rings (SSSR count). The van der Waals surface area contributed by atoms with Gasteiger partial charge in [0, 0.05) is 6.26 Å². The maximum atomic E-state index is 11.3. The zero-order chi connectivity index (χ0) is 12.3. The molecule has 0 heterocycles. The minimum absolute atomic E-state index is 0.0120. The molecule has 0 aliphatic rings. The molecule has 0 bridgehead atoms. The van der Waals surface area contributed by atoms with Gasteiger partial charge in [-0.15, -0.1) is 0 Å². The molecule has 0 fully saturated rings. The van der Waals surface area contributed by atoms with E-state index in [1.165, 1.54) is 6.92 Å². The van der Waals surface area contributed by atoms with Crippen LogP contribution in [0.2, 0.25) is 0 Å². The Balaban J connectivity index is 4.40. The highest BCUT2D eigenvalue weighted by molar-refractivity contribution is 7.93. The Morgan fingerprint density at radius 3 is 2.13 bits per heavy atom. The molecule has 0 aliphatic heterocycles. The molecule has 90 valence electrons. The molecule has 0 aromatic carbocycles. The average molecular weight is 274 g/mol. The fourth-order valence-electron chi connectivity index (χ4n) is 0.647. The van der Waals surface area contributed by atoms with Crippen LogP contribution in [-0.2, 0) is 19.9 Å². The van der Waals surface area contributed by atoms with Gasteiger partial charge in [0.05, 0.1) is 22.5 Å². The summed E-state index contributed by atoms with van der Waals surface area (Å²) >= 11 is 4.58. The van der Waals surface area contributed by atoms with E-state index in [1.807, 2.05) is 0 Å². The van der Waals surface area contributed by atoms with Crippen LogP contribution >= 0.6 is 12.2 Å². The van der Waals surface area contributed by atoms with Gasteiger partial charge in [0.15, 0.2) is 0 Å². The maximum absolute atomic E-state index is 11.3. The van der Waals surface area contributed by atoms with Crippen molar-refractivity contribution in [3.8, 4) is 0 Å². The molecular weight excluding hydrogens is 260 g/mol. The molecule has 15 heavy (non-hydrogen) atoms. The SMILES string of the molecule is CC(NS(=O)(=O)CCS(C)(=O)=O)C(N)=S. The number of hydrogen-bond acceptors (Lipinski definition) is 5. The second kappa shape index (κ2) is 5.19. The minimum Gasteiger partial charge on any atom is -0.392 e. The van der Waals surface area contributed by atoms with Crippen LogP contribution in [0.25, 0.3) is 0 Å². The van der Waals surface area contributed by atoms with E-state index < -0.39 is 37.4 Å². The molecule has 0 aromatic heterocycles. The summed E-state index contributed by atoms with van der Waals surface area (Å²) in [5.41, 5.74) is 5.21. The lowest BCUT2D eigenvalue weighted by Crippen LogP contribution is -2.42. The van der Waals surface area contributed by atoms with Crippen molar-refractivity contribution in [2.75, 3.05) is 17.8 Å². The molecule has 3 N–H and O–H groups in total. The smallest absolute Gasteiger partial charge is 0.213 e. The van der Waals surface area contributed by atoms with Crippen LogP contribution < -0.4 is 10.5 Å². The fourth-order valence-corrected chi connectivity index (χ4v) is 3.65. The minimum atomic E-state index is -3.66. The summed E-state index contributed by atoms with van der Waals surface area (Å²) < 4.78 is 46.3. The Labute approximate surface area is 95.2 Å². The predicted octanol–water partition coefficient (Wildman–Crippen LogP) is -1.37. The molecule has 6 nitrogen and oxygen atoms in total. The van der Waals surface area contributed by atoms with Crippen molar-refractivity contribution in [3.63, 3.8) is 0 Å². The Bertz CT molecular complexity index is 425. The Morgan fingerprint density at radius 1 is 1.33 bits per heavy atom. The van der Waals surface area contributed by atoms with Gasteiger partial charge in [0.2, 0.25) is 10.0 Å². The first kappa shape index (κ1) is 14.8. The van der Waals surface area contributed by atoms with Crippen LogP contribution in [0.4, 0.5) is 0 Å². The second-order valence-corrected chi connectivity index (χ2v) is 7.80. The second-order valence-electron chi connectivity index (χ2n) is 3.19. The van der Waals surface area contributed by atoms with Crippen LogP contribution in [0.5, 0.6) is 0 Å². The van der Waals surface area contributed by atoms with E-state index >= 15 is 0 Å². The summed E-state index contributed by atoms with van der Waals surface area (Å²) in [7, 11) is -6.95. The van der Waals surface area contributed by atoms with E-state index in [0.29, 0.717) is 0 Å². The molecule has 9 heteroatoms. The maximum Gasteiger partial charge on any atom is 0.213 e. The van der Waals surface area contributed by atoms with Gasteiger partial charge in [-0.25, -0.2) is 21.6 Å². The topological polar surface area (TPSA) is 106 Å². The van der Waals surface area contributed by atoms with E-state index in [1.54, 1.807) is 0 Å². The number of sulfone groups is 1. The van der Waals surface area contributed by atoms with Crippen molar-refractivity contribution in [1.29, 1.82) is 0 Å². The molecule has 1 unspecified atom stereocenters. The number of nitrogens with two attached hydrogens (primary N) is 1. The van der Waals surface area contributed by atoms with Gasteiger partial charge in [0.25, 0.3) is 0 Å². The summed E-state index contributed by atoms with van der Waals surface area (Å²) in [4.78, 5) is 0.0120. The first-order valence-electron chi connectivity index (χ1n) is 4.00. The summed E-state index contributed by atoms with van der Waals surface area (Å²) in [6.45, 7) is 1.49. The predicted molar refractivity (Wildman–Crippen MR) is 62.9 cm³/mol. The summed E-state index contributed by atoms with van der Waals surface area (Å²) in [5, 5.41) is 0. The van der Waals surface area contributed by atoms with Crippen molar-refractivity contribution in [2.24, 2.45) is 5.73 Å². The van der Waals surface area contributed by atoms with E-state index in [2.05, 4.69) is 16.9 Å². The van der Waals surface area contributed by atoms with E-state index in [-0.39, 0.29) is 4.99 Å². The quantitative estimate of drug-likeness (QED) is 0.579. The summed E-state index contributed by atoms with van der Waals surface area (Å²) in [6, 6.07) is -0.676. The Kier molecular flexibility index (Phi) is 5.10. The monoisotopic (exact) mass is 274 g/mol. The van der Waals surface area contributed by atoms with Crippen molar-refractivity contribution in [1.82, 2.24) is 4.72 Å². The van der Waals surface area contributed by atoms with Gasteiger partial charge in [-0.3, -0.25) is 0 Å². The van der Waals surface area contributed by atoms with Crippen molar-refractivity contribution < 1.29 is 16.8 Å². The van der Waals surface area contributed by atoms with Gasteiger partial charge in [-0.2, -0.15) is 0 Å². The molecule has 1 atom stereocenters. The third-order valence-corrected chi connectivity index (χ3v) is 4.52.